The number of amides is 1. The van der Waals surface area contributed by atoms with Gasteiger partial charge in [-0.2, -0.15) is 5.10 Å². The third-order valence-corrected chi connectivity index (χ3v) is 6.27. The number of carbonyl (C=O) groups is 1. The van der Waals surface area contributed by atoms with Gasteiger partial charge in [0, 0.05) is 11.2 Å². The number of primary sulfonamides is 1. The molecule has 1 unspecified atom stereocenters. The molecule has 4 N–H and O–H groups in total. The summed E-state index contributed by atoms with van der Waals surface area (Å²) in [5.74, 6) is -1.60. The monoisotopic (exact) mass is 482 g/mol. The summed E-state index contributed by atoms with van der Waals surface area (Å²) < 4.78 is 26.6. The molecule has 146 valence electrons. The Kier molecular flexibility index (Phi) is 5.62. The Morgan fingerprint density at radius 1 is 1.25 bits per heavy atom. The van der Waals surface area contributed by atoms with Crippen molar-refractivity contribution in [3.05, 3.63) is 75.0 Å². The summed E-state index contributed by atoms with van der Waals surface area (Å²) >= 11 is 9.56. The number of halogens is 2. The van der Waals surface area contributed by atoms with Gasteiger partial charge >= 0.3 is 0 Å². The molecule has 7 nitrogen and oxygen atoms in total. The second-order valence-electron chi connectivity index (χ2n) is 6.14. The molecule has 1 atom stereocenters. The van der Waals surface area contributed by atoms with Crippen molar-refractivity contribution in [3.8, 4) is 5.69 Å². The predicted molar refractivity (Wildman–Crippen MR) is 110 cm³/mol. The van der Waals surface area contributed by atoms with Crippen LogP contribution >= 0.6 is 27.5 Å². The van der Waals surface area contributed by atoms with Gasteiger partial charge in [-0.25, -0.2) is 18.2 Å². The fraction of sp³-hybridized carbons (Fsp3) is 0.111. The van der Waals surface area contributed by atoms with E-state index in [1.54, 1.807) is 43.5 Å². The van der Waals surface area contributed by atoms with Crippen LogP contribution in [-0.4, -0.2) is 24.1 Å². The average molecular weight is 484 g/mol. The molecule has 0 aliphatic heterocycles. The highest BCUT2D eigenvalue weighted by Crippen LogP contribution is 2.33. The fourth-order valence-corrected chi connectivity index (χ4v) is 4.17. The van der Waals surface area contributed by atoms with Crippen LogP contribution in [0, 0.1) is 6.92 Å². The number of carbonyl (C=O) groups excluding carboxylic acids is 1. The fourth-order valence-electron chi connectivity index (χ4n) is 2.90. The molecule has 2 aromatic carbocycles. The minimum absolute atomic E-state index is 0.182. The summed E-state index contributed by atoms with van der Waals surface area (Å²) in [5, 5.41) is 10.1. The van der Waals surface area contributed by atoms with Crippen molar-refractivity contribution in [3.63, 3.8) is 0 Å². The summed E-state index contributed by atoms with van der Waals surface area (Å²) in [6.45, 7) is 1.77. The van der Waals surface area contributed by atoms with E-state index in [9.17, 15) is 13.2 Å². The van der Waals surface area contributed by atoms with Gasteiger partial charge in [0.25, 0.3) is 0 Å². The summed E-state index contributed by atoms with van der Waals surface area (Å²) in [5.41, 5.74) is 7.36. The molecule has 28 heavy (non-hydrogen) atoms. The van der Waals surface area contributed by atoms with Gasteiger partial charge in [0.15, 0.2) is 0 Å². The molecule has 1 heterocycles. The highest BCUT2D eigenvalue weighted by atomic mass is 79.9. The second kappa shape index (κ2) is 7.67. The molecule has 3 rings (SSSR count). The smallest absolute Gasteiger partial charge is 0.240 e. The van der Waals surface area contributed by atoms with Gasteiger partial charge < -0.3 is 5.73 Å². The Labute approximate surface area is 175 Å². The number of nitrogens with zero attached hydrogens (tertiary/aromatic N) is 2. The zero-order chi connectivity index (χ0) is 20.6. The number of aryl methyl sites for hydroxylation is 1. The van der Waals surface area contributed by atoms with Gasteiger partial charge in [0.2, 0.25) is 15.9 Å². The van der Waals surface area contributed by atoms with E-state index >= 15 is 0 Å². The quantitative estimate of drug-likeness (QED) is 0.579. The van der Waals surface area contributed by atoms with Crippen LogP contribution in [0.2, 0.25) is 5.02 Å². The molecule has 1 amide bonds. The number of hydrogen-bond acceptors (Lipinski definition) is 4. The molecule has 0 saturated carbocycles. The summed E-state index contributed by atoms with van der Waals surface area (Å²) in [6.07, 6.45) is 1.62. The number of hydrogen-bond donors (Lipinski definition) is 2. The Balaban J connectivity index is 2.23. The third kappa shape index (κ3) is 3.97. The Bertz CT molecular complexity index is 1160. The van der Waals surface area contributed by atoms with Crippen LogP contribution < -0.4 is 10.9 Å². The van der Waals surface area contributed by atoms with Gasteiger partial charge in [0.05, 0.1) is 21.8 Å². The molecule has 1 aromatic heterocycles. The average Bonchev–Trinajstić information content (AvgIpc) is 2.94. The van der Waals surface area contributed by atoms with Gasteiger partial charge in [-0.1, -0.05) is 35.9 Å². The second-order valence-corrected chi connectivity index (χ2v) is 8.93. The molecular formula is C18H16BrClN4O3S. The van der Waals surface area contributed by atoms with Gasteiger partial charge in [-0.05, 0) is 52.2 Å². The topological polar surface area (TPSA) is 121 Å². The van der Waals surface area contributed by atoms with Gasteiger partial charge in [-0.15, -0.1) is 0 Å². The number of benzene rings is 2. The number of nitrogens with two attached hydrogens (primary N) is 2. The Morgan fingerprint density at radius 2 is 1.93 bits per heavy atom. The first-order valence-corrected chi connectivity index (χ1v) is 10.7. The van der Waals surface area contributed by atoms with Crippen LogP contribution in [0.5, 0.6) is 0 Å². The van der Waals surface area contributed by atoms with Crippen molar-refractivity contribution >= 4 is 43.5 Å². The van der Waals surface area contributed by atoms with Crippen LogP contribution in [0.1, 0.15) is 22.7 Å². The highest BCUT2D eigenvalue weighted by Gasteiger charge is 2.26. The molecule has 10 heteroatoms. The predicted octanol–water partition coefficient (Wildman–Crippen LogP) is 2.86. The Hall–Kier alpha value is -2.20. The maximum absolute atomic E-state index is 12.2. The lowest BCUT2D eigenvalue weighted by molar-refractivity contribution is -0.118. The first kappa shape index (κ1) is 20.5. The van der Waals surface area contributed by atoms with E-state index in [4.69, 9.17) is 22.5 Å². The summed E-state index contributed by atoms with van der Waals surface area (Å²) in [4.78, 5) is 12.0. The number of aromatic nitrogens is 2. The number of sulfonamides is 1. The van der Waals surface area contributed by atoms with Crippen LogP contribution in [0.3, 0.4) is 0 Å². The van der Waals surface area contributed by atoms with E-state index in [0.29, 0.717) is 26.3 Å². The van der Waals surface area contributed by atoms with Crippen molar-refractivity contribution in [1.29, 1.82) is 0 Å². The lowest BCUT2D eigenvalue weighted by Crippen LogP contribution is -2.24. The van der Waals surface area contributed by atoms with Crippen LogP contribution in [0.4, 0.5) is 0 Å². The van der Waals surface area contributed by atoms with E-state index in [1.807, 2.05) is 0 Å². The molecule has 0 fully saturated rings. The molecule has 0 radical (unpaired) electrons. The lowest BCUT2D eigenvalue weighted by atomic mass is 9.90. The van der Waals surface area contributed by atoms with E-state index in [-0.39, 0.29) is 10.6 Å². The molecule has 0 saturated heterocycles. The van der Waals surface area contributed by atoms with Crippen molar-refractivity contribution in [2.45, 2.75) is 17.7 Å². The summed E-state index contributed by atoms with van der Waals surface area (Å²) in [6, 6.07) is 11.2. The van der Waals surface area contributed by atoms with Crippen molar-refractivity contribution in [2.24, 2.45) is 10.9 Å². The van der Waals surface area contributed by atoms with Crippen LogP contribution in [0.25, 0.3) is 5.69 Å². The van der Waals surface area contributed by atoms with E-state index in [2.05, 4.69) is 21.0 Å². The van der Waals surface area contributed by atoms with Crippen LogP contribution in [-0.2, 0) is 14.8 Å². The van der Waals surface area contributed by atoms with Crippen molar-refractivity contribution < 1.29 is 13.2 Å². The third-order valence-electron chi connectivity index (χ3n) is 4.21. The summed E-state index contributed by atoms with van der Waals surface area (Å²) in [7, 11) is -4.12. The first-order chi connectivity index (χ1) is 13.1. The van der Waals surface area contributed by atoms with E-state index < -0.39 is 21.8 Å². The van der Waals surface area contributed by atoms with E-state index in [1.165, 1.54) is 16.8 Å². The van der Waals surface area contributed by atoms with Crippen molar-refractivity contribution in [2.75, 3.05) is 0 Å². The molecular weight excluding hydrogens is 468 g/mol. The van der Waals surface area contributed by atoms with Gasteiger partial charge in [0.1, 0.15) is 4.90 Å². The Morgan fingerprint density at radius 3 is 2.46 bits per heavy atom. The molecule has 0 aliphatic carbocycles. The highest BCUT2D eigenvalue weighted by molar-refractivity contribution is 9.10. The zero-order valence-electron chi connectivity index (χ0n) is 14.6. The maximum atomic E-state index is 12.2. The minimum Gasteiger partial charge on any atom is -0.369 e. The largest absolute Gasteiger partial charge is 0.369 e. The van der Waals surface area contributed by atoms with E-state index in [0.717, 1.165) is 0 Å². The number of rotatable bonds is 5. The van der Waals surface area contributed by atoms with Crippen molar-refractivity contribution in [1.82, 2.24) is 9.78 Å². The molecule has 0 bridgehead atoms. The first-order valence-electron chi connectivity index (χ1n) is 8.02. The lowest BCUT2D eigenvalue weighted by Gasteiger charge is -2.18. The van der Waals surface area contributed by atoms with Gasteiger partial charge in [-0.3, -0.25) is 4.79 Å². The molecule has 3 aromatic rings. The zero-order valence-corrected chi connectivity index (χ0v) is 17.8. The van der Waals surface area contributed by atoms with Crippen LogP contribution in [0.15, 0.2) is 58.0 Å². The minimum atomic E-state index is -4.12. The number of primary amides is 1. The molecule has 0 spiro atoms. The standard InChI is InChI=1S/C18H16BrClN4O3S/c1-10-13(19)9-24(23-10)15-7-6-11(8-16(15)28(22,26)27)17(18(21)25)12-4-2-3-5-14(12)20/h2-9,17H,1H3,(H2,21,25)(H2,22,26,27). The molecule has 0 aliphatic rings. The maximum Gasteiger partial charge on any atom is 0.240 e. The SMILES string of the molecule is Cc1nn(-c2ccc(C(C(N)=O)c3ccccc3Cl)cc2S(N)(=O)=O)cc1Br. The normalized spacial score (nSPS) is 12.7.